The first-order chi connectivity index (χ1) is 9.33. The molecule has 0 saturated heterocycles. The first-order valence-electron chi connectivity index (χ1n) is 7.43. The number of aliphatic imine (C=N–C) groups is 2. The third kappa shape index (κ3) is 4.70. The van der Waals surface area contributed by atoms with Gasteiger partial charge in [0.25, 0.3) is 0 Å². The Morgan fingerprint density at radius 1 is 1.15 bits per heavy atom. The summed E-state index contributed by atoms with van der Waals surface area (Å²) in [6, 6.07) is -0.0683. The number of rotatable bonds is 6. The highest BCUT2D eigenvalue weighted by Crippen LogP contribution is 2.51. The largest absolute Gasteiger partial charge is 0.235 e. The van der Waals surface area contributed by atoms with Crippen LogP contribution < -0.4 is 0 Å². The van der Waals surface area contributed by atoms with E-state index in [0.29, 0.717) is 12.0 Å². The van der Waals surface area contributed by atoms with Gasteiger partial charge in [-0.2, -0.15) is 0 Å². The Bertz CT molecular complexity index is 420. The van der Waals surface area contributed by atoms with Crippen molar-refractivity contribution in [2.24, 2.45) is 26.7 Å². The summed E-state index contributed by atoms with van der Waals surface area (Å²) >= 11 is 0. The monoisotopic (exact) mass is 278 g/mol. The predicted octanol–water partition coefficient (Wildman–Crippen LogP) is 3.66. The molecule has 0 amide bonds. The van der Waals surface area contributed by atoms with Crippen LogP contribution in [0.5, 0.6) is 0 Å². The zero-order valence-corrected chi connectivity index (χ0v) is 13.1. The zero-order valence-electron chi connectivity index (χ0n) is 13.1. The summed E-state index contributed by atoms with van der Waals surface area (Å²) in [6.45, 7) is 9.29. The Labute approximate surface area is 121 Å². The van der Waals surface area contributed by atoms with Gasteiger partial charge in [0.2, 0.25) is 12.2 Å². The van der Waals surface area contributed by atoms with Crippen LogP contribution in [0.15, 0.2) is 9.98 Å². The van der Waals surface area contributed by atoms with Gasteiger partial charge >= 0.3 is 0 Å². The van der Waals surface area contributed by atoms with E-state index in [1.54, 1.807) is 12.2 Å². The third-order valence-electron chi connectivity index (χ3n) is 4.74. The molecule has 0 bridgehead atoms. The maximum atomic E-state index is 10.5. The van der Waals surface area contributed by atoms with Gasteiger partial charge in [0.05, 0.1) is 12.6 Å². The van der Waals surface area contributed by atoms with Gasteiger partial charge in [-0.25, -0.2) is 19.6 Å². The average molecular weight is 278 g/mol. The molecule has 1 aliphatic rings. The molecule has 112 valence electrons. The molecule has 3 atom stereocenters. The van der Waals surface area contributed by atoms with E-state index in [9.17, 15) is 9.59 Å². The zero-order chi connectivity index (χ0) is 15.2. The molecule has 0 aliphatic heterocycles. The van der Waals surface area contributed by atoms with E-state index in [-0.39, 0.29) is 17.4 Å². The maximum Gasteiger partial charge on any atom is 0.235 e. The summed E-state index contributed by atoms with van der Waals surface area (Å²) < 4.78 is 0. The van der Waals surface area contributed by atoms with E-state index >= 15 is 0 Å². The van der Waals surface area contributed by atoms with Gasteiger partial charge in [-0.05, 0) is 49.4 Å². The van der Waals surface area contributed by atoms with E-state index in [2.05, 4.69) is 30.8 Å². The normalized spacial score (nSPS) is 27.8. The molecule has 1 rings (SSSR count). The molecule has 4 heteroatoms. The molecule has 0 N–H and O–H groups in total. The smallest absolute Gasteiger partial charge is 0.211 e. The molecule has 3 unspecified atom stereocenters. The van der Waals surface area contributed by atoms with Gasteiger partial charge in [0.1, 0.15) is 0 Å². The van der Waals surface area contributed by atoms with Crippen LogP contribution in [0.2, 0.25) is 0 Å². The van der Waals surface area contributed by atoms with Crippen LogP contribution in [-0.4, -0.2) is 24.7 Å². The highest BCUT2D eigenvalue weighted by Gasteiger charge is 2.42. The van der Waals surface area contributed by atoms with Crippen molar-refractivity contribution in [2.75, 3.05) is 6.54 Å². The second-order valence-electron chi connectivity index (χ2n) is 7.28. The molecule has 0 heterocycles. The lowest BCUT2D eigenvalue weighted by Gasteiger charge is -2.47. The lowest BCUT2D eigenvalue weighted by atomic mass is 9.58. The fourth-order valence-corrected chi connectivity index (χ4v) is 3.87. The highest BCUT2D eigenvalue weighted by atomic mass is 16.1. The summed E-state index contributed by atoms with van der Waals surface area (Å²) in [4.78, 5) is 28.4. The van der Waals surface area contributed by atoms with E-state index in [0.717, 1.165) is 19.3 Å². The minimum absolute atomic E-state index is 0.0683. The summed E-state index contributed by atoms with van der Waals surface area (Å²) in [5, 5.41) is 0. The first kappa shape index (κ1) is 16.8. The van der Waals surface area contributed by atoms with E-state index in [1.807, 2.05) is 6.92 Å². The quantitative estimate of drug-likeness (QED) is 0.550. The van der Waals surface area contributed by atoms with Crippen LogP contribution in [0.3, 0.4) is 0 Å². The number of isocyanates is 2. The van der Waals surface area contributed by atoms with Gasteiger partial charge < -0.3 is 0 Å². The Morgan fingerprint density at radius 2 is 1.85 bits per heavy atom. The van der Waals surface area contributed by atoms with Crippen molar-refractivity contribution in [1.29, 1.82) is 0 Å². The van der Waals surface area contributed by atoms with Crippen molar-refractivity contribution in [3.05, 3.63) is 0 Å². The van der Waals surface area contributed by atoms with Crippen LogP contribution in [-0.2, 0) is 9.59 Å². The molecule has 0 aromatic heterocycles. The lowest BCUT2D eigenvalue weighted by molar-refractivity contribution is 0.0402. The van der Waals surface area contributed by atoms with Crippen molar-refractivity contribution in [3.8, 4) is 0 Å². The average Bonchev–Trinajstić information content (AvgIpc) is 2.33. The number of carbonyl (C=O) groups excluding carboxylic acids is 2. The van der Waals surface area contributed by atoms with Gasteiger partial charge in [0, 0.05) is 0 Å². The minimum Gasteiger partial charge on any atom is -0.211 e. The maximum absolute atomic E-state index is 10.5. The van der Waals surface area contributed by atoms with Crippen LogP contribution in [0.1, 0.15) is 59.8 Å². The number of nitrogens with zero attached hydrogens (tertiary/aromatic N) is 2. The number of hydrogen-bond donors (Lipinski definition) is 0. The predicted molar refractivity (Wildman–Crippen MR) is 79.0 cm³/mol. The molecule has 0 spiro atoms. The van der Waals surface area contributed by atoms with Crippen molar-refractivity contribution >= 4 is 12.2 Å². The molecule has 1 aliphatic carbocycles. The fourth-order valence-electron chi connectivity index (χ4n) is 3.87. The van der Waals surface area contributed by atoms with E-state index in [4.69, 9.17) is 0 Å². The number of hydrogen-bond acceptors (Lipinski definition) is 4. The van der Waals surface area contributed by atoms with Crippen molar-refractivity contribution < 1.29 is 9.59 Å². The topological polar surface area (TPSA) is 58.9 Å². The van der Waals surface area contributed by atoms with Crippen LogP contribution in [0.25, 0.3) is 0 Å². The molecule has 0 aromatic carbocycles. The summed E-state index contributed by atoms with van der Waals surface area (Å²) in [5.41, 5.74) is 0.474. The third-order valence-corrected chi connectivity index (χ3v) is 4.74. The van der Waals surface area contributed by atoms with Crippen LogP contribution in [0.4, 0.5) is 0 Å². The fraction of sp³-hybridized carbons (Fsp3) is 0.875. The summed E-state index contributed by atoms with van der Waals surface area (Å²) in [7, 11) is 0. The molecule has 1 saturated carbocycles. The summed E-state index contributed by atoms with van der Waals surface area (Å²) in [5.74, 6) is 0.260. The second-order valence-corrected chi connectivity index (χ2v) is 7.28. The Balaban J connectivity index is 2.89. The van der Waals surface area contributed by atoms with E-state index in [1.165, 1.54) is 12.8 Å². The molecular formula is C16H26N2O2. The van der Waals surface area contributed by atoms with Gasteiger partial charge in [0.15, 0.2) is 0 Å². The Hall–Kier alpha value is -1.24. The van der Waals surface area contributed by atoms with Gasteiger partial charge in [-0.3, -0.25) is 0 Å². The minimum atomic E-state index is -0.0683. The van der Waals surface area contributed by atoms with Crippen LogP contribution >= 0.6 is 0 Å². The van der Waals surface area contributed by atoms with Gasteiger partial charge in [-0.1, -0.05) is 27.2 Å². The Kier molecular flexibility index (Phi) is 5.86. The molecule has 0 aromatic rings. The van der Waals surface area contributed by atoms with E-state index < -0.39 is 0 Å². The van der Waals surface area contributed by atoms with Crippen molar-refractivity contribution in [3.63, 3.8) is 0 Å². The standard InChI is InChI=1S/C16H26N2O2/c1-13(18-12-20)8-14(9-17-11-19)16(4)7-5-6-15(2,3)10-16/h13-14H,5-10H2,1-4H3. The molecular weight excluding hydrogens is 252 g/mol. The second kappa shape index (κ2) is 6.97. The molecule has 1 fully saturated rings. The SMILES string of the molecule is CC(CC(CN=C=O)C1(C)CCCC(C)(C)C1)N=C=O. The molecule has 0 radical (unpaired) electrons. The summed E-state index contributed by atoms with van der Waals surface area (Å²) in [6.07, 6.45) is 8.76. The highest BCUT2D eigenvalue weighted by molar-refractivity contribution is 5.33. The first-order valence-corrected chi connectivity index (χ1v) is 7.43. The Morgan fingerprint density at radius 3 is 2.40 bits per heavy atom. The molecule has 20 heavy (non-hydrogen) atoms. The van der Waals surface area contributed by atoms with Crippen molar-refractivity contribution in [2.45, 2.75) is 65.8 Å². The van der Waals surface area contributed by atoms with Crippen molar-refractivity contribution in [1.82, 2.24) is 0 Å². The lowest BCUT2D eigenvalue weighted by Crippen LogP contribution is -2.39. The van der Waals surface area contributed by atoms with Crippen LogP contribution in [0, 0.1) is 16.7 Å². The van der Waals surface area contributed by atoms with Gasteiger partial charge in [-0.15, -0.1) is 0 Å². The molecule has 4 nitrogen and oxygen atoms in total.